The van der Waals surface area contributed by atoms with Crippen LogP contribution in [0.5, 0.6) is 0 Å². The first kappa shape index (κ1) is 20.9. The Labute approximate surface area is 150 Å². The van der Waals surface area contributed by atoms with Gasteiger partial charge < -0.3 is 10.6 Å². The summed E-state index contributed by atoms with van der Waals surface area (Å²) in [7, 11) is 0. The van der Waals surface area contributed by atoms with Gasteiger partial charge in [0.2, 0.25) is 0 Å². The van der Waals surface area contributed by atoms with Gasteiger partial charge in [-0.2, -0.15) is 0 Å². The van der Waals surface area contributed by atoms with Crippen molar-refractivity contribution in [2.45, 2.75) is 79.1 Å². The van der Waals surface area contributed by atoms with E-state index in [1.54, 1.807) is 0 Å². The Morgan fingerprint density at radius 1 is 0.667 bits per heavy atom. The van der Waals surface area contributed by atoms with Crippen LogP contribution in [0.4, 0.5) is 11.4 Å². The molecule has 138 valence electrons. The van der Waals surface area contributed by atoms with Gasteiger partial charge >= 0.3 is 0 Å². The third kappa shape index (κ3) is 9.85. The van der Waals surface area contributed by atoms with E-state index in [4.69, 9.17) is 0 Å². The maximum absolute atomic E-state index is 3.53. The fourth-order valence-corrected chi connectivity index (χ4v) is 2.82. The number of hydrogen-bond donors (Lipinski definition) is 2. The largest absolute Gasteiger partial charge is 0.385 e. The van der Waals surface area contributed by atoms with E-state index in [9.17, 15) is 0 Å². The average Bonchev–Trinajstić information content (AvgIpc) is 2.61. The molecule has 0 saturated heterocycles. The maximum Gasteiger partial charge on any atom is 0.0341 e. The summed E-state index contributed by atoms with van der Waals surface area (Å²) in [6.45, 7) is 11.4. The Hall–Kier alpha value is -1.18. The molecule has 0 bridgehead atoms. The topological polar surface area (TPSA) is 24.1 Å². The first-order valence-electron chi connectivity index (χ1n) is 10.2. The van der Waals surface area contributed by atoms with Crippen molar-refractivity contribution >= 4 is 11.4 Å². The van der Waals surface area contributed by atoms with Crippen LogP contribution in [0.25, 0.3) is 0 Å². The van der Waals surface area contributed by atoms with Crippen LogP contribution in [0.15, 0.2) is 24.3 Å². The van der Waals surface area contributed by atoms with E-state index < -0.39 is 0 Å². The minimum Gasteiger partial charge on any atom is -0.385 e. The Morgan fingerprint density at radius 2 is 1.04 bits per heavy atom. The van der Waals surface area contributed by atoms with Gasteiger partial charge in [0.15, 0.2) is 0 Å². The van der Waals surface area contributed by atoms with E-state index in [-0.39, 0.29) is 0 Å². The monoisotopic (exact) mass is 332 g/mol. The molecule has 0 saturated carbocycles. The SMILES string of the molecule is CCC(C)CCCCNc1ccc(NCCCCC(C)CC)cc1. The number of unbranched alkanes of at least 4 members (excludes halogenated alkanes) is 2. The molecule has 2 N–H and O–H groups in total. The second-order valence-corrected chi connectivity index (χ2v) is 7.45. The Kier molecular flexibility index (Phi) is 11.4. The number of rotatable bonds is 14. The number of hydrogen-bond acceptors (Lipinski definition) is 2. The molecule has 1 rings (SSSR count). The molecule has 2 heteroatoms. The quantitative estimate of drug-likeness (QED) is 0.360. The summed E-state index contributed by atoms with van der Waals surface area (Å²) in [4.78, 5) is 0. The molecule has 0 fully saturated rings. The Bertz CT molecular complexity index is 360. The van der Waals surface area contributed by atoms with Gasteiger partial charge in [-0.25, -0.2) is 0 Å². The summed E-state index contributed by atoms with van der Waals surface area (Å²) in [6.07, 6.45) is 10.5. The molecule has 0 amide bonds. The van der Waals surface area contributed by atoms with Crippen LogP contribution >= 0.6 is 0 Å². The molecule has 0 aliphatic heterocycles. The molecular formula is C22H40N2. The van der Waals surface area contributed by atoms with Crippen LogP contribution in [-0.4, -0.2) is 13.1 Å². The molecule has 24 heavy (non-hydrogen) atoms. The standard InChI is InChI=1S/C22H40N2/c1-5-19(3)11-7-9-17-23-21-13-15-22(16-14-21)24-18-10-8-12-20(4)6-2/h13-16,19-20,23-24H,5-12,17-18H2,1-4H3. The smallest absolute Gasteiger partial charge is 0.0341 e. The van der Waals surface area contributed by atoms with Crippen LogP contribution in [0.2, 0.25) is 0 Å². The van der Waals surface area contributed by atoms with Crippen molar-refractivity contribution in [3.63, 3.8) is 0 Å². The molecule has 1 aromatic rings. The summed E-state index contributed by atoms with van der Waals surface area (Å²) in [5, 5.41) is 7.06. The molecular weight excluding hydrogens is 292 g/mol. The Balaban J connectivity index is 2.10. The van der Waals surface area contributed by atoms with Crippen LogP contribution in [0.1, 0.15) is 79.1 Å². The van der Waals surface area contributed by atoms with Crippen molar-refractivity contribution < 1.29 is 0 Å². The summed E-state index contributed by atoms with van der Waals surface area (Å²) in [5.74, 6) is 1.75. The highest BCUT2D eigenvalue weighted by molar-refractivity contribution is 5.53. The number of benzene rings is 1. The van der Waals surface area contributed by atoms with Gasteiger partial charge in [-0.3, -0.25) is 0 Å². The van der Waals surface area contributed by atoms with E-state index in [2.05, 4.69) is 62.6 Å². The van der Waals surface area contributed by atoms with Gasteiger partial charge in [-0.05, 0) is 48.9 Å². The summed E-state index contributed by atoms with van der Waals surface area (Å²) < 4.78 is 0. The lowest BCUT2D eigenvalue weighted by atomic mass is 10.0. The molecule has 0 aromatic heterocycles. The Morgan fingerprint density at radius 3 is 1.38 bits per heavy atom. The lowest BCUT2D eigenvalue weighted by Gasteiger charge is -2.11. The van der Waals surface area contributed by atoms with Crippen LogP contribution < -0.4 is 10.6 Å². The molecule has 0 aliphatic carbocycles. The second kappa shape index (κ2) is 13.1. The third-order valence-corrected chi connectivity index (χ3v) is 5.18. The minimum atomic E-state index is 0.876. The lowest BCUT2D eigenvalue weighted by molar-refractivity contribution is 0.489. The second-order valence-electron chi connectivity index (χ2n) is 7.45. The van der Waals surface area contributed by atoms with Crippen LogP contribution in [0.3, 0.4) is 0 Å². The van der Waals surface area contributed by atoms with Crippen molar-refractivity contribution in [1.82, 2.24) is 0 Å². The predicted molar refractivity (Wildman–Crippen MR) is 110 cm³/mol. The summed E-state index contributed by atoms with van der Waals surface area (Å²) in [5.41, 5.74) is 2.47. The third-order valence-electron chi connectivity index (χ3n) is 5.18. The predicted octanol–water partition coefficient (Wildman–Crippen LogP) is 6.94. The zero-order valence-electron chi connectivity index (χ0n) is 16.5. The lowest BCUT2D eigenvalue weighted by Crippen LogP contribution is -2.04. The zero-order chi connectivity index (χ0) is 17.6. The molecule has 2 atom stereocenters. The van der Waals surface area contributed by atoms with Gasteiger partial charge in [0.25, 0.3) is 0 Å². The van der Waals surface area contributed by atoms with Crippen LogP contribution in [-0.2, 0) is 0 Å². The average molecular weight is 333 g/mol. The summed E-state index contributed by atoms with van der Waals surface area (Å²) in [6, 6.07) is 8.76. The highest BCUT2D eigenvalue weighted by atomic mass is 14.9. The van der Waals surface area contributed by atoms with E-state index in [0.29, 0.717) is 0 Å². The van der Waals surface area contributed by atoms with Crippen molar-refractivity contribution in [3.05, 3.63) is 24.3 Å². The number of anilines is 2. The van der Waals surface area contributed by atoms with Crippen molar-refractivity contribution in [2.24, 2.45) is 11.8 Å². The molecule has 1 aromatic carbocycles. The molecule has 2 unspecified atom stereocenters. The van der Waals surface area contributed by atoms with Gasteiger partial charge in [-0.15, -0.1) is 0 Å². The summed E-state index contributed by atoms with van der Waals surface area (Å²) >= 11 is 0. The van der Waals surface area contributed by atoms with Gasteiger partial charge in [-0.1, -0.05) is 66.2 Å². The van der Waals surface area contributed by atoms with Crippen molar-refractivity contribution in [2.75, 3.05) is 23.7 Å². The van der Waals surface area contributed by atoms with Gasteiger partial charge in [0, 0.05) is 24.5 Å². The van der Waals surface area contributed by atoms with E-state index >= 15 is 0 Å². The van der Waals surface area contributed by atoms with E-state index in [1.165, 1.54) is 62.7 Å². The normalized spacial score (nSPS) is 13.5. The first-order chi connectivity index (χ1) is 11.7. The van der Waals surface area contributed by atoms with Gasteiger partial charge in [0.05, 0.1) is 0 Å². The minimum absolute atomic E-state index is 0.876. The highest BCUT2D eigenvalue weighted by Crippen LogP contribution is 2.16. The molecule has 2 nitrogen and oxygen atoms in total. The molecule has 0 aliphatic rings. The van der Waals surface area contributed by atoms with Gasteiger partial charge in [0.1, 0.15) is 0 Å². The number of nitrogens with one attached hydrogen (secondary N) is 2. The fourth-order valence-electron chi connectivity index (χ4n) is 2.82. The molecule has 0 heterocycles. The highest BCUT2D eigenvalue weighted by Gasteiger charge is 2.00. The fraction of sp³-hybridized carbons (Fsp3) is 0.727. The maximum atomic E-state index is 3.53. The van der Waals surface area contributed by atoms with Crippen molar-refractivity contribution in [3.8, 4) is 0 Å². The van der Waals surface area contributed by atoms with E-state index in [1.807, 2.05) is 0 Å². The molecule has 0 spiro atoms. The van der Waals surface area contributed by atoms with E-state index in [0.717, 1.165) is 24.9 Å². The van der Waals surface area contributed by atoms with Crippen LogP contribution in [0, 0.1) is 11.8 Å². The van der Waals surface area contributed by atoms with Crippen molar-refractivity contribution in [1.29, 1.82) is 0 Å². The molecule has 0 radical (unpaired) electrons. The first-order valence-corrected chi connectivity index (χ1v) is 10.2. The zero-order valence-corrected chi connectivity index (χ0v) is 16.5.